The molecule has 2 aromatic rings. The summed E-state index contributed by atoms with van der Waals surface area (Å²) in [5, 5.41) is 0.494. The number of likely N-dealkylation sites (tertiary alicyclic amines) is 1. The maximum absolute atomic E-state index is 12.6. The molecule has 0 aliphatic carbocycles. The van der Waals surface area contributed by atoms with Gasteiger partial charge < -0.3 is 9.64 Å². The van der Waals surface area contributed by atoms with Crippen molar-refractivity contribution in [2.45, 2.75) is 18.9 Å². The van der Waals surface area contributed by atoms with Crippen molar-refractivity contribution in [2.24, 2.45) is 0 Å². The predicted molar refractivity (Wildman–Crippen MR) is 98.0 cm³/mol. The molecule has 1 aromatic heterocycles. The van der Waals surface area contributed by atoms with Crippen LogP contribution in [0.5, 0.6) is 5.75 Å². The molecule has 1 aliphatic heterocycles. The molecule has 0 spiro atoms. The van der Waals surface area contributed by atoms with Crippen molar-refractivity contribution in [3.05, 3.63) is 56.9 Å². The highest BCUT2D eigenvalue weighted by Gasteiger charge is 2.26. The van der Waals surface area contributed by atoms with Crippen molar-refractivity contribution in [2.75, 3.05) is 13.1 Å². The van der Waals surface area contributed by atoms with Crippen LogP contribution in [-0.2, 0) is 0 Å². The molecular weight excluding hydrogens is 427 g/mol. The van der Waals surface area contributed by atoms with Crippen molar-refractivity contribution in [3.8, 4) is 5.75 Å². The first kappa shape index (κ1) is 16.5. The van der Waals surface area contributed by atoms with E-state index in [1.165, 1.54) is 0 Å². The molecule has 0 N–H and O–H groups in total. The third-order valence-electron chi connectivity index (χ3n) is 3.77. The first-order valence-electron chi connectivity index (χ1n) is 7.44. The van der Waals surface area contributed by atoms with Crippen molar-refractivity contribution < 1.29 is 9.53 Å². The number of rotatable bonds is 3. The van der Waals surface area contributed by atoms with Crippen LogP contribution in [0.1, 0.15) is 23.2 Å². The molecule has 4 nitrogen and oxygen atoms in total. The quantitative estimate of drug-likeness (QED) is 0.674. The number of amides is 1. The Balaban J connectivity index is 1.68. The van der Waals surface area contributed by atoms with Gasteiger partial charge in [0.05, 0.1) is 6.54 Å². The topological polar surface area (TPSA) is 42.4 Å². The van der Waals surface area contributed by atoms with Gasteiger partial charge in [0.25, 0.3) is 5.91 Å². The highest BCUT2D eigenvalue weighted by atomic mass is 127. The lowest BCUT2D eigenvalue weighted by Gasteiger charge is -2.33. The molecule has 120 valence electrons. The molecular formula is C17H16ClIN2O2. The van der Waals surface area contributed by atoms with E-state index in [0.717, 1.165) is 28.5 Å². The number of benzene rings is 1. The zero-order chi connectivity index (χ0) is 16.2. The largest absolute Gasteiger partial charge is 0.487 e. The summed E-state index contributed by atoms with van der Waals surface area (Å²) in [7, 11) is 0. The molecule has 1 aromatic carbocycles. The van der Waals surface area contributed by atoms with Crippen LogP contribution < -0.4 is 4.74 Å². The number of nitrogens with zero attached hydrogens (tertiary/aromatic N) is 2. The molecule has 6 heteroatoms. The minimum absolute atomic E-state index is 0.0459. The van der Waals surface area contributed by atoms with Crippen LogP contribution in [0.25, 0.3) is 0 Å². The first-order chi connectivity index (χ1) is 11.1. The highest BCUT2D eigenvalue weighted by molar-refractivity contribution is 14.1. The summed E-state index contributed by atoms with van der Waals surface area (Å²) in [5.41, 5.74) is 0.722. The van der Waals surface area contributed by atoms with Crippen LogP contribution in [0.2, 0.25) is 5.02 Å². The summed E-state index contributed by atoms with van der Waals surface area (Å²) in [6.45, 7) is 1.33. The van der Waals surface area contributed by atoms with Gasteiger partial charge in [-0.2, -0.15) is 0 Å². The van der Waals surface area contributed by atoms with Gasteiger partial charge in [-0.3, -0.25) is 9.78 Å². The Hall–Kier alpha value is -1.34. The van der Waals surface area contributed by atoms with Gasteiger partial charge in [-0.25, -0.2) is 0 Å². The zero-order valence-electron chi connectivity index (χ0n) is 12.4. The van der Waals surface area contributed by atoms with E-state index in [1.807, 2.05) is 29.2 Å². The fourth-order valence-corrected chi connectivity index (χ4v) is 3.37. The van der Waals surface area contributed by atoms with E-state index in [-0.39, 0.29) is 12.0 Å². The molecule has 1 fully saturated rings. The average Bonchev–Trinajstić information content (AvgIpc) is 2.56. The molecule has 1 unspecified atom stereocenters. The van der Waals surface area contributed by atoms with Crippen LogP contribution in [0.4, 0.5) is 0 Å². The summed E-state index contributed by atoms with van der Waals surface area (Å²) in [5.74, 6) is 0.674. The van der Waals surface area contributed by atoms with E-state index in [4.69, 9.17) is 16.3 Å². The number of ether oxygens (including phenoxy) is 1. The minimum atomic E-state index is -0.0459. The molecule has 23 heavy (non-hydrogen) atoms. The number of hydrogen-bond donors (Lipinski definition) is 0. The maximum atomic E-state index is 12.6. The lowest BCUT2D eigenvalue weighted by molar-refractivity contribution is 0.0538. The van der Waals surface area contributed by atoms with Gasteiger partial charge in [0.15, 0.2) is 0 Å². The van der Waals surface area contributed by atoms with Crippen LogP contribution >= 0.6 is 34.2 Å². The van der Waals surface area contributed by atoms with E-state index >= 15 is 0 Å². The second kappa shape index (κ2) is 7.49. The van der Waals surface area contributed by atoms with Gasteiger partial charge in [0.2, 0.25) is 0 Å². The number of hydrogen-bond acceptors (Lipinski definition) is 3. The average molecular weight is 443 g/mol. The number of aromatic nitrogens is 1. The zero-order valence-corrected chi connectivity index (χ0v) is 15.3. The fourth-order valence-electron chi connectivity index (χ4n) is 2.66. The maximum Gasteiger partial charge on any atom is 0.254 e. The Morgan fingerprint density at radius 2 is 2.26 bits per heavy atom. The Morgan fingerprint density at radius 1 is 1.39 bits per heavy atom. The van der Waals surface area contributed by atoms with Crippen LogP contribution in [0.3, 0.4) is 0 Å². The van der Waals surface area contributed by atoms with Gasteiger partial charge in [-0.05, 0) is 53.6 Å². The molecule has 0 saturated carbocycles. The summed E-state index contributed by atoms with van der Waals surface area (Å²) in [6.07, 6.45) is 5.00. The number of carbonyl (C=O) groups excluding carboxylic acids is 1. The normalized spacial score (nSPS) is 17.8. The third kappa shape index (κ3) is 4.14. The van der Waals surface area contributed by atoms with E-state index in [2.05, 4.69) is 27.6 Å². The van der Waals surface area contributed by atoms with Crippen molar-refractivity contribution >= 4 is 40.1 Å². The number of piperidine rings is 1. The summed E-state index contributed by atoms with van der Waals surface area (Å²) in [4.78, 5) is 18.5. The fraction of sp³-hybridized carbons (Fsp3) is 0.294. The summed E-state index contributed by atoms with van der Waals surface area (Å²) in [6, 6.07) is 9.40. The highest BCUT2D eigenvalue weighted by Crippen LogP contribution is 2.26. The number of carbonyl (C=O) groups is 1. The van der Waals surface area contributed by atoms with Crippen LogP contribution in [0, 0.1) is 3.57 Å². The molecule has 0 radical (unpaired) electrons. The standard InChI is InChI=1S/C17H16ClIN2O2/c18-15-10-20-7-6-16(15)23-14-5-2-8-21(11-14)17(22)12-3-1-4-13(19)9-12/h1,3-4,6-7,9-10,14H,2,5,8,11H2. The second-order valence-corrected chi connectivity index (χ2v) is 7.10. The predicted octanol–water partition coefficient (Wildman–Crippen LogP) is 4.02. The van der Waals surface area contributed by atoms with Gasteiger partial charge in [-0.1, -0.05) is 17.7 Å². The second-order valence-electron chi connectivity index (χ2n) is 5.45. The first-order valence-corrected chi connectivity index (χ1v) is 8.90. The Bertz CT molecular complexity index is 710. The molecule has 1 amide bonds. The smallest absolute Gasteiger partial charge is 0.254 e. The lowest BCUT2D eigenvalue weighted by atomic mass is 10.1. The lowest BCUT2D eigenvalue weighted by Crippen LogP contribution is -2.44. The summed E-state index contributed by atoms with van der Waals surface area (Å²) >= 11 is 8.30. The summed E-state index contributed by atoms with van der Waals surface area (Å²) < 4.78 is 7.02. The van der Waals surface area contributed by atoms with Crippen molar-refractivity contribution in [1.82, 2.24) is 9.88 Å². The molecule has 2 heterocycles. The van der Waals surface area contributed by atoms with E-state index in [9.17, 15) is 4.79 Å². The minimum Gasteiger partial charge on any atom is -0.487 e. The van der Waals surface area contributed by atoms with Gasteiger partial charge in [0, 0.05) is 34.1 Å². The van der Waals surface area contributed by atoms with Crippen LogP contribution in [0.15, 0.2) is 42.7 Å². The molecule has 3 rings (SSSR count). The Morgan fingerprint density at radius 3 is 3.04 bits per heavy atom. The van der Waals surface area contributed by atoms with Gasteiger partial charge in [0.1, 0.15) is 16.9 Å². The molecule has 1 aliphatic rings. The molecule has 0 bridgehead atoms. The third-order valence-corrected chi connectivity index (χ3v) is 4.72. The van der Waals surface area contributed by atoms with Gasteiger partial charge >= 0.3 is 0 Å². The monoisotopic (exact) mass is 442 g/mol. The van der Waals surface area contributed by atoms with Crippen molar-refractivity contribution in [3.63, 3.8) is 0 Å². The molecule has 1 saturated heterocycles. The van der Waals surface area contributed by atoms with E-state index in [0.29, 0.717) is 17.3 Å². The van der Waals surface area contributed by atoms with E-state index < -0.39 is 0 Å². The van der Waals surface area contributed by atoms with Crippen molar-refractivity contribution in [1.29, 1.82) is 0 Å². The molecule has 1 atom stereocenters. The number of pyridine rings is 1. The van der Waals surface area contributed by atoms with Crippen LogP contribution in [-0.4, -0.2) is 35.0 Å². The Kier molecular flexibility index (Phi) is 5.38. The Labute approximate surface area is 153 Å². The van der Waals surface area contributed by atoms with E-state index in [1.54, 1.807) is 18.5 Å². The van der Waals surface area contributed by atoms with Gasteiger partial charge in [-0.15, -0.1) is 0 Å². The number of halogens is 2. The SMILES string of the molecule is O=C(c1cccc(I)c1)N1CCCC(Oc2ccncc2Cl)C1.